The van der Waals surface area contributed by atoms with E-state index >= 15 is 0 Å². The second-order valence-corrected chi connectivity index (χ2v) is 4.88. The van der Waals surface area contributed by atoms with Gasteiger partial charge in [-0.15, -0.1) is 0 Å². The van der Waals surface area contributed by atoms with Crippen molar-refractivity contribution in [3.8, 4) is 0 Å². The number of aryl methyl sites for hydroxylation is 1. The molecule has 1 heterocycles. The lowest BCUT2D eigenvalue weighted by molar-refractivity contribution is 0.0449. The summed E-state index contributed by atoms with van der Waals surface area (Å²) >= 11 is 0. The van der Waals surface area contributed by atoms with Crippen molar-refractivity contribution in [2.75, 3.05) is 6.54 Å². The van der Waals surface area contributed by atoms with Crippen molar-refractivity contribution in [3.63, 3.8) is 0 Å². The molecule has 1 amide bonds. The molecule has 0 atom stereocenters. The van der Waals surface area contributed by atoms with Gasteiger partial charge in [0, 0.05) is 19.3 Å². The smallest absolute Gasteiger partial charge is 0.254 e. The Morgan fingerprint density at radius 2 is 2.24 bits per heavy atom. The van der Waals surface area contributed by atoms with E-state index in [1.54, 1.807) is 17.9 Å². The van der Waals surface area contributed by atoms with Crippen LogP contribution in [0.4, 0.5) is 0 Å². The molecule has 1 aliphatic carbocycles. The van der Waals surface area contributed by atoms with Gasteiger partial charge in [-0.2, -0.15) is 5.10 Å². The number of rotatable bonds is 3. The van der Waals surface area contributed by atoms with Gasteiger partial charge in [0.05, 0.1) is 17.4 Å². The quantitative estimate of drug-likeness (QED) is 0.815. The van der Waals surface area contributed by atoms with Crippen LogP contribution in [0.15, 0.2) is 6.20 Å². The average Bonchev–Trinajstić information content (AvgIpc) is 2.86. The summed E-state index contributed by atoms with van der Waals surface area (Å²) < 4.78 is 1.67. The Labute approximate surface area is 101 Å². The number of hydrogen-bond donors (Lipinski definition) is 2. The molecule has 17 heavy (non-hydrogen) atoms. The van der Waals surface area contributed by atoms with Crippen LogP contribution in [0.1, 0.15) is 41.7 Å². The highest BCUT2D eigenvalue weighted by Gasteiger charge is 2.31. The first-order chi connectivity index (χ1) is 8.02. The molecule has 1 aliphatic rings. The lowest BCUT2D eigenvalue weighted by atomic mass is 10.0. The van der Waals surface area contributed by atoms with Crippen LogP contribution >= 0.6 is 0 Å². The largest absolute Gasteiger partial charge is 0.388 e. The number of aliphatic hydroxyl groups is 1. The number of aromatic nitrogens is 2. The molecule has 1 aromatic heterocycles. The molecule has 1 aromatic rings. The van der Waals surface area contributed by atoms with E-state index in [1.807, 2.05) is 6.92 Å². The molecule has 0 radical (unpaired) electrons. The molecule has 5 heteroatoms. The van der Waals surface area contributed by atoms with Gasteiger partial charge in [-0.05, 0) is 19.8 Å². The molecule has 1 fully saturated rings. The fourth-order valence-corrected chi connectivity index (χ4v) is 2.27. The third-order valence-corrected chi connectivity index (χ3v) is 3.59. The maximum Gasteiger partial charge on any atom is 0.254 e. The van der Waals surface area contributed by atoms with E-state index < -0.39 is 5.60 Å². The highest BCUT2D eigenvalue weighted by Crippen LogP contribution is 2.28. The molecule has 0 aliphatic heterocycles. The zero-order valence-corrected chi connectivity index (χ0v) is 10.4. The van der Waals surface area contributed by atoms with Gasteiger partial charge in [-0.25, -0.2) is 0 Å². The summed E-state index contributed by atoms with van der Waals surface area (Å²) in [4.78, 5) is 11.9. The van der Waals surface area contributed by atoms with Crippen LogP contribution in [0.25, 0.3) is 0 Å². The minimum Gasteiger partial charge on any atom is -0.388 e. The number of carbonyl (C=O) groups is 1. The van der Waals surface area contributed by atoms with Crippen molar-refractivity contribution in [2.24, 2.45) is 7.05 Å². The molecule has 94 valence electrons. The van der Waals surface area contributed by atoms with Gasteiger partial charge in [0.1, 0.15) is 0 Å². The van der Waals surface area contributed by atoms with E-state index in [2.05, 4.69) is 10.4 Å². The first-order valence-corrected chi connectivity index (χ1v) is 6.01. The maximum absolute atomic E-state index is 11.9. The molecule has 2 N–H and O–H groups in total. The Morgan fingerprint density at radius 3 is 2.76 bits per heavy atom. The van der Waals surface area contributed by atoms with Gasteiger partial charge in [-0.3, -0.25) is 9.48 Å². The van der Waals surface area contributed by atoms with E-state index in [-0.39, 0.29) is 5.91 Å². The lowest BCUT2D eigenvalue weighted by Crippen LogP contribution is -2.40. The van der Waals surface area contributed by atoms with Crippen molar-refractivity contribution in [3.05, 3.63) is 17.5 Å². The van der Waals surface area contributed by atoms with Gasteiger partial charge < -0.3 is 10.4 Å². The zero-order chi connectivity index (χ0) is 12.5. The Bertz CT molecular complexity index is 419. The van der Waals surface area contributed by atoms with Crippen molar-refractivity contribution in [1.82, 2.24) is 15.1 Å². The molecular weight excluding hydrogens is 218 g/mol. The van der Waals surface area contributed by atoms with Crippen LogP contribution in [0.5, 0.6) is 0 Å². The van der Waals surface area contributed by atoms with Crippen molar-refractivity contribution in [1.29, 1.82) is 0 Å². The van der Waals surface area contributed by atoms with Crippen LogP contribution in [0.2, 0.25) is 0 Å². The van der Waals surface area contributed by atoms with Crippen LogP contribution in [0, 0.1) is 6.92 Å². The average molecular weight is 237 g/mol. The van der Waals surface area contributed by atoms with Crippen molar-refractivity contribution >= 4 is 5.91 Å². The number of nitrogens with one attached hydrogen (secondary N) is 1. The molecule has 5 nitrogen and oxygen atoms in total. The second kappa shape index (κ2) is 4.49. The summed E-state index contributed by atoms with van der Waals surface area (Å²) in [6.45, 7) is 2.19. The standard InChI is InChI=1S/C12H19N3O2/c1-9-10(7-14-15(9)2)11(16)13-8-12(17)5-3-4-6-12/h7,17H,3-6,8H2,1-2H3,(H,13,16). The Morgan fingerprint density at radius 1 is 1.59 bits per heavy atom. The summed E-state index contributed by atoms with van der Waals surface area (Å²) in [5, 5.41) is 16.9. The summed E-state index contributed by atoms with van der Waals surface area (Å²) in [6, 6.07) is 0. The minimum atomic E-state index is -0.703. The summed E-state index contributed by atoms with van der Waals surface area (Å²) in [5.41, 5.74) is 0.709. The third-order valence-electron chi connectivity index (χ3n) is 3.59. The Kier molecular flexibility index (Phi) is 3.19. The van der Waals surface area contributed by atoms with Crippen LogP contribution in [0.3, 0.4) is 0 Å². The molecule has 1 saturated carbocycles. The normalized spacial score (nSPS) is 18.3. The van der Waals surface area contributed by atoms with Crippen molar-refractivity contribution in [2.45, 2.75) is 38.2 Å². The van der Waals surface area contributed by atoms with Crippen LogP contribution in [-0.2, 0) is 7.05 Å². The first kappa shape index (κ1) is 12.1. The second-order valence-electron chi connectivity index (χ2n) is 4.88. The molecule has 0 aromatic carbocycles. The maximum atomic E-state index is 11.9. The lowest BCUT2D eigenvalue weighted by Gasteiger charge is -2.22. The van der Waals surface area contributed by atoms with E-state index in [9.17, 15) is 9.90 Å². The SMILES string of the molecule is Cc1c(C(=O)NCC2(O)CCCC2)cnn1C. The Balaban J connectivity index is 1.96. The minimum absolute atomic E-state index is 0.157. The zero-order valence-electron chi connectivity index (χ0n) is 10.4. The van der Waals surface area contributed by atoms with Gasteiger partial charge in [-0.1, -0.05) is 12.8 Å². The number of hydrogen-bond acceptors (Lipinski definition) is 3. The molecule has 0 saturated heterocycles. The van der Waals surface area contributed by atoms with E-state index in [4.69, 9.17) is 0 Å². The van der Waals surface area contributed by atoms with Gasteiger partial charge in [0.15, 0.2) is 0 Å². The predicted octanol–water partition coefficient (Wildman–Crippen LogP) is 0.763. The fourth-order valence-electron chi connectivity index (χ4n) is 2.27. The summed E-state index contributed by atoms with van der Waals surface area (Å²) in [7, 11) is 1.80. The number of nitrogens with zero attached hydrogens (tertiary/aromatic N) is 2. The van der Waals surface area contributed by atoms with E-state index in [0.717, 1.165) is 31.4 Å². The van der Waals surface area contributed by atoms with Crippen LogP contribution in [-0.4, -0.2) is 32.9 Å². The Hall–Kier alpha value is -1.36. The molecule has 0 spiro atoms. The summed E-state index contributed by atoms with van der Waals surface area (Å²) in [5.74, 6) is -0.157. The van der Waals surface area contributed by atoms with E-state index in [0.29, 0.717) is 12.1 Å². The third kappa shape index (κ3) is 2.49. The highest BCUT2D eigenvalue weighted by atomic mass is 16.3. The topological polar surface area (TPSA) is 67.2 Å². The highest BCUT2D eigenvalue weighted by molar-refractivity contribution is 5.95. The van der Waals surface area contributed by atoms with Gasteiger partial charge in [0.25, 0.3) is 5.91 Å². The van der Waals surface area contributed by atoms with Crippen molar-refractivity contribution < 1.29 is 9.90 Å². The van der Waals surface area contributed by atoms with E-state index in [1.165, 1.54) is 0 Å². The first-order valence-electron chi connectivity index (χ1n) is 6.01. The number of carbonyl (C=O) groups excluding carboxylic acids is 1. The number of amides is 1. The van der Waals surface area contributed by atoms with Crippen LogP contribution < -0.4 is 5.32 Å². The molecule has 2 rings (SSSR count). The predicted molar refractivity (Wildman–Crippen MR) is 63.7 cm³/mol. The van der Waals surface area contributed by atoms with Gasteiger partial charge in [0.2, 0.25) is 0 Å². The molecule has 0 bridgehead atoms. The monoisotopic (exact) mass is 237 g/mol. The fraction of sp³-hybridized carbons (Fsp3) is 0.667. The summed E-state index contributed by atoms with van der Waals surface area (Å²) in [6.07, 6.45) is 5.19. The molecular formula is C12H19N3O2. The van der Waals surface area contributed by atoms with Gasteiger partial charge >= 0.3 is 0 Å². The molecule has 0 unspecified atom stereocenters.